The Balaban J connectivity index is 1.57. The van der Waals surface area contributed by atoms with Gasteiger partial charge in [-0.15, -0.1) is 10.2 Å². The molecule has 0 saturated carbocycles. The van der Waals surface area contributed by atoms with Gasteiger partial charge in [0.15, 0.2) is 0 Å². The Morgan fingerprint density at radius 3 is 2.52 bits per heavy atom. The number of alkyl halides is 3. The van der Waals surface area contributed by atoms with E-state index < -0.39 is 12.1 Å². The van der Waals surface area contributed by atoms with Crippen molar-refractivity contribution in [2.45, 2.75) is 31.5 Å². The van der Waals surface area contributed by atoms with Gasteiger partial charge in [-0.1, -0.05) is 12.1 Å². The monoisotopic (exact) mass is 329 g/mol. The number of rotatable bonds is 3. The Bertz CT molecular complexity index is 663. The van der Waals surface area contributed by atoms with Crippen LogP contribution in [0, 0.1) is 5.82 Å². The summed E-state index contributed by atoms with van der Waals surface area (Å²) >= 11 is 0. The Hall–Kier alpha value is -1.96. The van der Waals surface area contributed by atoms with Crippen LogP contribution < -0.4 is 0 Å². The molecule has 23 heavy (non-hydrogen) atoms. The number of likely N-dealkylation sites (tertiary alicyclic amines) is 1. The summed E-state index contributed by atoms with van der Waals surface area (Å²) in [5.74, 6) is -1.69. The molecule has 0 radical (unpaired) electrons. The number of aromatic nitrogens is 2. The van der Waals surface area contributed by atoms with Crippen molar-refractivity contribution in [2.24, 2.45) is 0 Å². The van der Waals surface area contributed by atoms with E-state index in [2.05, 4.69) is 15.1 Å². The van der Waals surface area contributed by atoms with Gasteiger partial charge in [-0.25, -0.2) is 4.39 Å². The fraction of sp³-hybridized carbons (Fsp3) is 0.467. The van der Waals surface area contributed by atoms with E-state index in [1.807, 2.05) is 6.07 Å². The fourth-order valence-corrected chi connectivity index (χ4v) is 2.75. The second kappa shape index (κ2) is 6.27. The molecule has 3 rings (SSSR count). The average Bonchev–Trinajstić information content (AvgIpc) is 2.98. The molecule has 1 aromatic heterocycles. The van der Waals surface area contributed by atoms with Crippen LogP contribution in [0.1, 0.15) is 36.1 Å². The maximum absolute atomic E-state index is 13.2. The number of piperidine rings is 1. The van der Waals surface area contributed by atoms with E-state index in [1.54, 1.807) is 6.07 Å². The summed E-state index contributed by atoms with van der Waals surface area (Å²) in [6.07, 6.45) is -3.34. The molecule has 124 valence electrons. The molecule has 1 aromatic carbocycles. The largest absolute Gasteiger partial charge is 0.470 e. The zero-order chi connectivity index (χ0) is 16.4. The number of benzene rings is 1. The van der Waals surface area contributed by atoms with Gasteiger partial charge in [-0.2, -0.15) is 13.2 Å². The van der Waals surface area contributed by atoms with Crippen molar-refractivity contribution >= 4 is 0 Å². The first-order valence-corrected chi connectivity index (χ1v) is 7.29. The zero-order valence-corrected chi connectivity index (χ0v) is 12.2. The van der Waals surface area contributed by atoms with Crippen molar-refractivity contribution in [1.29, 1.82) is 0 Å². The van der Waals surface area contributed by atoms with Crippen molar-refractivity contribution < 1.29 is 22.0 Å². The van der Waals surface area contributed by atoms with Crippen LogP contribution >= 0.6 is 0 Å². The van der Waals surface area contributed by atoms with Gasteiger partial charge >= 0.3 is 12.1 Å². The quantitative estimate of drug-likeness (QED) is 0.807. The molecule has 1 saturated heterocycles. The first kappa shape index (κ1) is 15.9. The van der Waals surface area contributed by atoms with Crippen LogP contribution in [0.2, 0.25) is 0 Å². The Morgan fingerprint density at radius 1 is 1.17 bits per heavy atom. The lowest BCUT2D eigenvalue weighted by Crippen LogP contribution is -2.32. The Labute approximate surface area is 130 Å². The van der Waals surface area contributed by atoms with Crippen molar-refractivity contribution in [2.75, 3.05) is 13.1 Å². The van der Waals surface area contributed by atoms with Crippen LogP contribution in [0.4, 0.5) is 17.6 Å². The first-order valence-electron chi connectivity index (χ1n) is 7.29. The molecule has 1 aliphatic heterocycles. The number of hydrogen-bond acceptors (Lipinski definition) is 4. The van der Waals surface area contributed by atoms with Crippen molar-refractivity contribution in [1.82, 2.24) is 15.1 Å². The van der Waals surface area contributed by atoms with E-state index in [9.17, 15) is 17.6 Å². The van der Waals surface area contributed by atoms with E-state index in [0.717, 1.165) is 5.56 Å². The van der Waals surface area contributed by atoms with Gasteiger partial charge in [0.25, 0.3) is 0 Å². The van der Waals surface area contributed by atoms with E-state index in [-0.39, 0.29) is 17.6 Å². The molecule has 0 unspecified atom stereocenters. The zero-order valence-electron chi connectivity index (χ0n) is 12.2. The summed E-state index contributed by atoms with van der Waals surface area (Å²) < 4.78 is 55.3. The van der Waals surface area contributed by atoms with Gasteiger partial charge in [0.1, 0.15) is 5.82 Å². The van der Waals surface area contributed by atoms with E-state index >= 15 is 0 Å². The van der Waals surface area contributed by atoms with Crippen molar-refractivity contribution in [3.05, 3.63) is 47.4 Å². The molecule has 1 fully saturated rings. The predicted octanol–water partition coefficient (Wildman–Crippen LogP) is 3.61. The molecule has 0 spiro atoms. The lowest BCUT2D eigenvalue weighted by atomic mass is 9.96. The third-order valence-corrected chi connectivity index (χ3v) is 3.92. The lowest BCUT2D eigenvalue weighted by Gasteiger charge is -2.30. The minimum Gasteiger partial charge on any atom is -0.417 e. The minimum absolute atomic E-state index is 0.0442. The first-order chi connectivity index (χ1) is 10.9. The number of halogens is 4. The molecular weight excluding hydrogens is 314 g/mol. The van der Waals surface area contributed by atoms with E-state index in [4.69, 9.17) is 4.42 Å². The highest BCUT2D eigenvalue weighted by atomic mass is 19.4. The molecule has 0 atom stereocenters. The normalized spacial score (nSPS) is 17.6. The van der Waals surface area contributed by atoms with Crippen molar-refractivity contribution in [3.63, 3.8) is 0 Å². The fourth-order valence-electron chi connectivity index (χ4n) is 2.75. The van der Waals surface area contributed by atoms with Crippen molar-refractivity contribution in [3.8, 4) is 0 Å². The summed E-state index contributed by atoms with van der Waals surface area (Å²) in [5, 5.41) is 6.58. The minimum atomic E-state index is -4.61. The second-order valence-electron chi connectivity index (χ2n) is 5.62. The highest BCUT2D eigenvalue weighted by Gasteiger charge is 2.39. The van der Waals surface area contributed by atoms with Gasteiger partial charge < -0.3 is 4.42 Å². The molecule has 2 aromatic rings. The van der Waals surface area contributed by atoms with Gasteiger partial charge in [-0.3, -0.25) is 4.90 Å². The molecule has 0 amide bonds. The Kier molecular flexibility index (Phi) is 4.34. The van der Waals surface area contributed by atoms with Crippen LogP contribution in [0.3, 0.4) is 0 Å². The predicted molar refractivity (Wildman–Crippen MR) is 73.0 cm³/mol. The summed E-state index contributed by atoms with van der Waals surface area (Å²) in [6.45, 7) is 1.98. The SMILES string of the molecule is Fc1cccc(CN2CCC(c3nnc(C(F)(F)F)o3)CC2)c1. The third-order valence-electron chi connectivity index (χ3n) is 3.92. The Morgan fingerprint density at radius 2 is 1.91 bits per heavy atom. The third kappa shape index (κ3) is 3.87. The maximum atomic E-state index is 13.2. The van der Waals surface area contributed by atoms with E-state index in [0.29, 0.717) is 32.5 Å². The second-order valence-corrected chi connectivity index (χ2v) is 5.62. The van der Waals surface area contributed by atoms with E-state index in [1.165, 1.54) is 12.1 Å². The molecule has 2 heterocycles. The summed E-state index contributed by atoms with van der Waals surface area (Å²) in [7, 11) is 0. The van der Waals surface area contributed by atoms with Crippen LogP contribution in [0.25, 0.3) is 0 Å². The lowest BCUT2D eigenvalue weighted by molar-refractivity contribution is -0.157. The molecule has 0 bridgehead atoms. The van der Waals surface area contributed by atoms with Gasteiger partial charge in [-0.05, 0) is 43.6 Å². The van der Waals surface area contributed by atoms with Crippen LogP contribution in [-0.2, 0) is 12.7 Å². The number of nitrogens with zero attached hydrogens (tertiary/aromatic N) is 3. The van der Waals surface area contributed by atoms with Gasteiger partial charge in [0.05, 0.1) is 0 Å². The topological polar surface area (TPSA) is 42.2 Å². The van der Waals surface area contributed by atoms with Gasteiger partial charge in [0.2, 0.25) is 5.89 Å². The van der Waals surface area contributed by atoms with Crippen LogP contribution in [0.5, 0.6) is 0 Å². The summed E-state index contributed by atoms with van der Waals surface area (Å²) in [4.78, 5) is 2.13. The molecular formula is C15H15F4N3O. The number of hydrogen-bond donors (Lipinski definition) is 0. The maximum Gasteiger partial charge on any atom is 0.470 e. The van der Waals surface area contributed by atoms with Crippen LogP contribution in [-0.4, -0.2) is 28.2 Å². The highest BCUT2D eigenvalue weighted by Crippen LogP contribution is 2.32. The van der Waals surface area contributed by atoms with Crippen LogP contribution in [0.15, 0.2) is 28.7 Å². The van der Waals surface area contributed by atoms with Gasteiger partial charge in [0, 0.05) is 12.5 Å². The molecule has 1 aliphatic rings. The molecule has 0 N–H and O–H groups in total. The molecule has 4 nitrogen and oxygen atoms in total. The highest BCUT2D eigenvalue weighted by molar-refractivity contribution is 5.16. The standard InChI is InChI=1S/C15H15F4N3O/c16-12-3-1-2-10(8-12)9-22-6-4-11(5-7-22)13-20-21-14(23-13)15(17,18)19/h1-3,8,11H,4-7,9H2. The molecule has 8 heteroatoms. The summed E-state index contributed by atoms with van der Waals surface area (Å²) in [6, 6.07) is 6.39. The molecule has 0 aliphatic carbocycles. The summed E-state index contributed by atoms with van der Waals surface area (Å²) in [5.41, 5.74) is 0.876. The smallest absolute Gasteiger partial charge is 0.417 e. The average molecular weight is 329 g/mol.